The van der Waals surface area contributed by atoms with Gasteiger partial charge in [-0.2, -0.15) is 13.2 Å². The highest BCUT2D eigenvalue weighted by Gasteiger charge is 2.31. The minimum atomic E-state index is -4.49. The van der Waals surface area contributed by atoms with Crippen LogP contribution in [0.15, 0.2) is 18.2 Å². The summed E-state index contributed by atoms with van der Waals surface area (Å²) in [6.07, 6.45) is -2.80. The van der Waals surface area contributed by atoms with Gasteiger partial charge in [-0.15, -0.1) is 0 Å². The largest absolute Gasteiger partial charge is 0.416 e. The van der Waals surface area contributed by atoms with Crippen LogP contribution in [0, 0.1) is 0 Å². The molecule has 1 aliphatic heterocycles. The summed E-state index contributed by atoms with van der Waals surface area (Å²) in [6.45, 7) is 1.68. The van der Waals surface area contributed by atoms with Crippen LogP contribution < -0.4 is 16.4 Å². The highest BCUT2D eigenvalue weighted by Crippen LogP contribution is 2.32. The number of benzene rings is 1. The third-order valence-electron chi connectivity index (χ3n) is 3.31. The van der Waals surface area contributed by atoms with E-state index in [9.17, 15) is 18.0 Å². The van der Waals surface area contributed by atoms with Gasteiger partial charge in [0.25, 0.3) is 5.91 Å². The summed E-state index contributed by atoms with van der Waals surface area (Å²) in [5, 5.41) is 6.29. The van der Waals surface area contributed by atoms with Crippen LogP contribution in [0.1, 0.15) is 28.8 Å². The number of nitrogens with one attached hydrogen (secondary N) is 2. The number of hydrogen-bond acceptors (Lipinski definition) is 3. The van der Waals surface area contributed by atoms with Crippen LogP contribution in [0.2, 0.25) is 0 Å². The maximum absolute atomic E-state index is 12.6. The molecule has 4 N–H and O–H groups in total. The van der Waals surface area contributed by atoms with Gasteiger partial charge in [-0.1, -0.05) is 0 Å². The van der Waals surface area contributed by atoms with Crippen LogP contribution in [0.4, 0.5) is 18.9 Å². The molecule has 1 heterocycles. The predicted octanol–water partition coefficient (Wildman–Crippen LogP) is 1.97. The van der Waals surface area contributed by atoms with Gasteiger partial charge in [0.2, 0.25) is 0 Å². The van der Waals surface area contributed by atoms with Crippen LogP contribution in [-0.2, 0) is 6.18 Å². The summed E-state index contributed by atoms with van der Waals surface area (Å²) < 4.78 is 37.9. The van der Waals surface area contributed by atoms with Crippen LogP contribution >= 0.6 is 0 Å². The molecule has 0 bridgehead atoms. The van der Waals surface area contributed by atoms with E-state index in [-0.39, 0.29) is 11.6 Å². The Morgan fingerprint density at radius 2 is 1.95 bits per heavy atom. The number of halogens is 3. The molecule has 1 aromatic rings. The van der Waals surface area contributed by atoms with Gasteiger partial charge < -0.3 is 16.4 Å². The van der Waals surface area contributed by atoms with Crippen molar-refractivity contribution < 1.29 is 18.0 Å². The van der Waals surface area contributed by atoms with Crippen molar-refractivity contribution in [2.24, 2.45) is 5.73 Å². The topological polar surface area (TPSA) is 67.2 Å². The summed E-state index contributed by atoms with van der Waals surface area (Å²) in [7, 11) is 0. The Labute approximate surface area is 114 Å². The van der Waals surface area contributed by atoms with Crippen LogP contribution in [-0.4, -0.2) is 25.0 Å². The Hall–Kier alpha value is -1.76. The molecule has 0 atom stereocenters. The van der Waals surface area contributed by atoms with E-state index >= 15 is 0 Å². The number of carbonyl (C=O) groups is 1. The molecule has 4 nitrogen and oxygen atoms in total. The number of amides is 1. The maximum atomic E-state index is 12.6. The molecule has 1 aromatic carbocycles. The Morgan fingerprint density at radius 3 is 2.50 bits per heavy atom. The van der Waals surface area contributed by atoms with Gasteiger partial charge in [0.15, 0.2) is 0 Å². The zero-order valence-electron chi connectivity index (χ0n) is 10.8. The predicted molar refractivity (Wildman–Crippen MR) is 69.5 cm³/mol. The van der Waals surface area contributed by atoms with Gasteiger partial charge in [-0.3, -0.25) is 4.79 Å². The first-order valence-corrected chi connectivity index (χ1v) is 6.36. The molecule has 20 heavy (non-hydrogen) atoms. The molecular formula is C13H16F3N3O. The number of piperidine rings is 1. The lowest BCUT2D eigenvalue weighted by molar-refractivity contribution is -0.137. The van der Waals surface area contributed by atoms with E-state index in [0.29, 0.717) is 5.69 Å². The lowest BCUT2D eigenvalue weighted by Crippen LogP contribution is -2.35. The molecule has 1 amide bonds. The molecule has 1 fully saturated rings. The van der Waals surface area contributed by atoms with Crippen LogP contribution in [0.5, 0.6) is 0 Å². The second-order valence-corrected chi connectivity index (χ2v) is 4.79. The summed E-state index contributed by atoms with van der Waals surface area (Å²) >= 11 is 0. The lowest BCUT2D eigenvalue weighted by Gasteiger charge is -2.25. The first-order chi connectivity index (χ1) is 9.38. The number of anilines is 1. The first kappa shape index (κ1) is 14.6. The number of rotatable bonds is 3. The van der Waals surface area contributed by atoms with Crippen molar-refractivity contribution in [3.8, 4) is 0 Å². The minimum absolute atomic E-state index is 0.127. The third-order valence-corrected chi connectivity index (χ3v) is 3.31. The SMILES string of the molecule is NC(=O)c1cc(C(F)(F)F)ccc1NC1CCNCC1. The van der Waals surface area contributed by atoms with E-state index in [2.05, 4.69) is 10.6 Å². The van der Waals surface area contributed by atoms with Gasteiger partial charge in [0.05, 0.1) is 11.1 Å². The molecule has 0 spiro atoms. The molecule has 0 saturated carbocycles. The zero-order valence-corrected chi connectivity index (χ0v) is 10.8. The van der Waals surface area contributed by atoms with Crippen molar-refractivity contribution in [3.05, 3.63) is 29.3 Å². The highest BCUT2D eigenvalue weighted by molar-refractivity contribution is 5.98. The van der Waals surface area contributed by atoms with Gasteiger partial charge in [0.1, 0.15) is 0 Å². The summed E-state index contributed by atoms with van der Waals surface area (Å²) in [6, 6.07) is 3.15. The average Bonchev–Trinajstić information content (AvgIpc) is 2.38. The van der Waals surface area contributed by atoms with Crippen molar-refractivity contribution in [1.82, 2.24) is 5.32 Å². The van der Waals surface area contributed by atoms with Gasteiger partial charge >= 0.3 is 6.18 Å². The smallest absolute Gasteiger partial charge is 0.382 e. The molecule has 1 aliphatic rings. The zero-order chi connectivity index (χ0) is 14.8. The van der Waals surface area contributed by atoms with Gasteiger partial charge in [-0.05, 0) is 44.1 Å². The standard InChI is InChI=1S/C13H16F3N3O/c14-13(15,16)8-1-2-11(10(7-8)12(17)20)19-9-3-5-18-6-4-9/h1-2,7,9,18-19H,3-6H2,(H2,17,20). The molecule has 0 radical (unpaired) electrons. The van der Waals surface area contributed by atoms with E-state index in [1.165, 1.54) is 6.07 Å². The highest BCUT2D eigenvalue weighted by atomic mass is 19.4. The van der Waals surface area contributed by atoms with Crippen LogP contribution in [0.25, 0.3) is 0 Å². The average molecular weight is 287 g/mol. The molecule has 0 aromatic heterocycles. The Bertz CT molecular complexity index is 496. The van der Waals surface area contributed by atoms with Gasteiger partial charge in [0, 0.05) is 11.7 Å². The van der Waals surface area contributed by atoms with Crippen molar-refractivity contribution in [1.29, 1.82) is 0 Å². The second kappa shape index (κ2) is 5.70. The molecular weight excluding hydrogens is 271 g/mol. The van der Waals surface area contributed by atoms with Crippen molar-refractivity contribution in [3.63, 3.8) is 0 Å². The monoisotopic (exact) mass is 287 g/mol. The molecule has 7 heteroatoms. The Balaban J connectivity index is 2.25. The fraction of sp³-hybridized carbons (Fsp3) is 0.462. The fourth-order valence-corrected chi connectivity index (χ4v) is 2.24. The summed E-state index contributed by atoms with van der Waals surface area (Å²) in [4.78, 5) is 11.3. The van der Waals surface area contributed by atoms with Crippen molar-refractivity contribution in [2.75, 3.05) is 18.4 Å². The number of alkyl halides is 3. The second-order valence-electron chi connectivity index (χ2n) is 4.79. The Kier molecular flexibility index (Phi) is 4.17. The summed E-state index contributed by atoms with van der Waals surface area (Å²) in [5.41, 5.74) is 4.53. The molecule has 2 rings (SSSR count). The fourth-order valence-electron chi connectivity index (χ4n) is 2.24. The summed E-state index contributed by atoms with van der Waals surface area (Å²) in [5.74, 6) is -0.868. The molecule has 1 saturated heterocycles. The quantitative estimate of drug-likeness (QED) is 0.796. The maximum Gasteiger partial charge on any atom is 0.416 e. The number of primary amides is 1. The normalized spacial score (nSPS) is 16.9. The molecule has 0 unspecified atom stereocenters. The number of carbonyl (C=O) groups excluding carboxylic acids is 1. The lowest BCUT2D eigenvalue weighted by atomic mass is 10.0. The number of nitrogens with two attached hydrogens (primary N) is 1. The number of hydrogen-bond donors (Lipinski definition) is 3. The van der Waals surface area contributed by atoms with E-state index < -0.39 is 17.6 Å². The van der Waals surface area contributed by atoms with E-state index in [4.69, 9.17) is 5.73 Å². The van der Waals surface area contributed by atoms with E-state index in [0.717, 1.165) is 38.1 Å². The van der Waals surface area contributed by atoms with Crippen LogP contribution in [0.3, 0.4) is 0 Å². The first-order valence-electron chi connectivity index (χ1n) is 6.36. The van der Waals surface area contributed by atoms with Gasteiger partial charge in [-0.25, -0.2) is 0 Å². The third kappa shape index (κ3) is 3.41. The minimum Gasteiger partial charge on any atom is -0.382 e. The van der Waals surface area contributed by atoms with Crippen molar-refractivity contribution in [2.45, 2.75) is 25.1 Å². The Morgan fingerprint density at radius 1 is 1.30 bits per heavy atom. The molecule has 110 valence electrons. The van der Waals surface area contributed by atoms with E-state index in [1.54, 1.807) is 0 Å². The van der Waals surface area contributed by atoms with E-state index in [1.807, 2.05) is 0 Å². The molecule has 0 aliphatic carbocycles. The van der Waals surface area contributed by atoms with Crippen molar-refractivity contribution >= 4 is 11.6 Å².